The number of nitrogens with one attached hydrogen (secondary N) is 1. The van der Waals surface area contributed by atoms with Crippen LogP contribution in [0.5, 0.6) is 0 Å². The maximum Gasteiger partial charge on any atom is 0.329 e. The predicted octanol–water partition coefficient (Wildman–Crippen LogP) is 0.543. The van der Waals surface area contributed by atoms with Gasteiger partial charge in [0.2, 0.25) is 5.91 Å². The number of nitrogens with zero attached hydrogens (tertiary/aromatic N) is 1. The van der Waals surface area contributed by atoms with Crippen molar-refractivity contribution in [2.75, 3.05) is 20.1 Å². The molecule has 0 unspecified atom stereocenters. The SMILES string of the molecule is CN1CCC(CCC(=O)NC2(C(=O)O)CC2)CC1.O=CO. The smallest absolute Gasteiger partial charge is 0.329 e. The van der Waals surface area contributed by atoms with E-state index >= 15 is 0 Å². The van der Waals surface area contributed by atoms with E-state index in [1.54, 1.807) is 0 Å². The molecule has 3 N–H and O–H groups in total. The Kier molecular flexibility index (Phi) is 6.61. The van der Waals surface area contributed by atoms with Crippen molar-refractivity contribution >= 4 is 18.3 Å². The highest BCUT2D eigenvalue weighted by atomic mass is 16.4. The van der Waals surface area contributed by atoms with Gasteiger partial charge in [0.25, 0.3) is 6.47 Å². The van der Waals surface area contributed by atoms with Gasteiger partial charge < -0.3 is 20.4 Å². The van der Waals surface area contributed by atoms with Gasteiger partial charge in [0.05, 0.1) is 0 Å². The van der Waals surface area contributed by atoms with Crippen molar-refractivity contribution in [3.8, 4) is 0 Å². The Hall–Kier alpha value is -1.63. The lowest BCUT2D eigenvalue weighted by molar-refractivity contribution is -0.143. The number of amides is 1. The van der Waals surface area contributed by atoms with Crippen LogP contribution in [0.4, 0.5) is 0 Å². The largest absolute Gasteiger partial charge is 0.483 e. The van der Waals surface area contributed by atoms with Crippen molar-refractivity contribution in [1.29, 1.82) is 0 Å². The molecular formula is C14H24N2O5. The molecule has 0 aromatic carbocycles. The monoisotopic (exact) mass is 300 g/mol. The van der Waals surface area contributed by atoms with Crippen molar-refractivity contribution < 1.29 is 24.6 Å². The van der Waals surface area contributed by atoms with Crippen LogP contribution >= 0.6 is 0 Å². The summed E-state index contributed by atoms with van der Waals surface area (Å²) in [7, 11) is 2.12. The molecule has 0 spiro atoms. The summed E-state index contributed by atoms with van der Waals surface area (Å²) >= 11 is 0. The lowest BCUT2D eigenvalue weighted by Gasteiger charge is -2.28. The van der Waals surface area contributed by atoms with Gasteiger partial charge in [-0.3, -0.25) is 9.59 Å². The Morgan fingerprint density at radius 2 is 1.86 bits per heavy atom. The number of carbonyl (C=O) groups is 3. The zero-order valence-corrected chi connectivity index (χ0v) is 12.4. The second-order valence-corrected chi connectivity index (χ2v) is 5.83. The maximum absolute atomic E-state index is 11.7. The van der Waals surface area contributed by atoms with Gasteiger partial charge >= 0.3 is 5.97 Å². The Labute approximate surface area is 124 Å². The van der Waals surface area contributed by atoms with Gasteiger partial charge in [0.1, 0.15) is 5.54 Å². The second kappa shape index (κ2) is 7.97. The van der Waals surface area contributed by atoms with Crippen molar-refractivity contribution in [2.45, 2.75) is 44.1 Å². The number of hydrogen-bond acceptors (Lipinski definition) is 4. The lowest BCUT2D eigenvalue weighted by atomic mass is 9.92. The second-order valence-electron chi connectivity index (χ2n) is 5.83. The molecule has 2 aliphatic rings. The molecule has 21 heavy (non-hydrogen) atoms. The summed E-state index contributed by atoms with van der Waals surface area (Å²) < 4.78 is 0. The third kappa shape index (κ3) is 5.71. The molecule has 0 atom stereocenters. The normalized spacial score (nSPS) is 20.8. The minimum atomic E-state index is -0.927. The van der Waals surface area contributed by atoms with Crippen LogP contribution in [0.2, 0.25) is 0 Å². The maximum atomic E-state index is 11.7. The predicted molar refractivity (Wildman–Crippen MR) is 75.9 cm³/mol. The van der Waals surface area contributed by atoms with Gasteiger partial charge in [-0.2, -0.15) is 0 Å². The highest BCUT2D eigenvalue weighted by Crippen LogP contribution is 2.35. The highest BCUT2D eigenvalue weighted by molar-refractivity contribution is 5.89. The van der Waals surface area contributed by atoms with E-state index in [4.69, 9.17) is 15.0 Å². The van der Waals surface area contributed by atoms with E-state index in [0.29, 0.717) is 25.2 Å². The molecule has 1 aliphatic carbocycles. The molecule has 0 bridgehead atoms. The standard InChI is InChI=1S/C13H22N2O3.CH2O2/c1-15-8-4-10(5-9-15)2-3-11(16)14-13(6-7-13)12(17)18;2-1-3/h10H,2-9H2,1H3,(H,14,16)(H,17,18);1H,(H,2,3). The number of carboxylic acids is 1. The third-order valence-electron chi connectivity index (χ3n) is 4.16. The number of hydrogen-bond donors (Lipinski definition) is 3. The van der Waals surface area contributed by atoms with Gasteiger partial charge in [-0.05, 0) is 58.2 Å². The first-order valence-corrected chi connectivity index (χ1v) is 7.24. The number of aliphatic carboxylic acids is 1. The Morgan fingerprint density at radius 3 is 2.29 bits per heavy atom. The van der Waals surface area contributed by atoms with Gasteiger partial charge in [-0.1, -0.05) is 0 Å². The van der Waals surface area contributed by atoms with E-state index in [1.807, 2.05) is 0 Å². The zero-order valence-electron chi connectivity index (χ0n) is 12.4. The van der Waals surface area contributed by atoms with E-state index in [9.17, 15) is 9.59 Å². The minimum absolute atomic E-state index is 0.103. The van der Waals surface area contributed by atoms with Crippen LogP contribution in [0.1, 0.15) is 38.5 Å². The summed E-state index contributed by atoms with van der Waals surface area (Å²) in [6.07, 6.45) is 4.78. The molecule has 0 aromatic rings. The summed E-state index contributed by atoms with van der Waals surface area (Å²) in [5.41, 5.74) is -0.927. The quantitative estimate of drug-likeness (QED) is 0.640. The van der Waals surface area contributed by atoms with Gasteiger partial charge in [-0.25, -0.2) is 4.79 Å². The minimum Gasteiger partial charge on any atom is -0.483 e. The number of piperidine rings is 1. The lowest BCUT2D eigenvalue weighted by Crippen LogP contribution is -2.43. The van der Waals surface area contributed by atoms with Crippen molar-refractivity contribution in [1.82, 2.24) is 10.2 Å². The fraction of sp³-hybridized carbons (Fsp3) is 0.786. The molecule has 1 aliphatic heterocycles. The van der Waals surface area contributed by atoms with E-state index in [-0.39, 0.29) is 12.4 Å². The molecule has 0 aromatic heterocycles. The summed E-state index contributed by atoms with van der Waals surface area (Å²) in [5.74, 6) is -0.379. The fourth-order valence-electron chi connectivity index (χ4n) is 2.53. The number of carboxylic acid groups (broad SMARTS) is 2. The van der Waals surface area contributed by atoms with Crippen molar-refractivity contribution in [3.63, 3.8) is 0 Å². The summed E-state index contributed by atoms with van der Waals surface area (Å²) in [6, 6.07) is 0. The van der Waals surface area contributed by atoms with Gasteiger partial charge in [0, 0.05) is 6.42 Å². The average molecular weight is 300 g/mol. The van der Waals surface area contributed by atoms with Gasteiger partial charge in [0.15, 0.2) is 0 Å². The number of likely N-dealkylation sites (tertiary alicyclic amines) is 1. The average Bonchev–Trinajstić information content (AvgIpc) is 3.20. The highest BCUT2D eigenvalue weighted by Gasteiger charge is 2.51. The zero-order chi connectivity index (χ0) is 15.9. The molecule has 1 saturated heterocycles. The van der Waals surface area contributed by atoms with Crippen molar-refractivity contribution in [2.24, 2.45) is 5.92 Å². The number of rotatable bonds is 5. The van der Waals surface area contributed by atoms with E-state index in [1.165, 1.54) is 0 Å². The molecular weight excluding hydrogens is 276 g/mol. The molecule has 2 rings (SSSR count). The summed E-state index contributed by atoms with van der Waals surface area (Å²) in [4.78, 5) is 33.3. The Balaban J connectivity index is 0.000000677. The first kappa shape index (κ1) is 17.4. The molecule has 7 heteroatoms. The van der Waals surface area contributed by atoms with Crippen LogP contribution in [-0.2, 0) is 14.4 Å². The fourth-order valence-corrected chi connectivity index (χ4v) is 2.53. The van der Waals surface area contributed by atoms with Crippen LogP contribution in [0.25, 0.3) is 0 Å². The topological polar surface area (TPSA) is 107 Å². The third-order valence-corrected chi connectivity index (χ3v) is 4.16. The molecule has 120 valence electrons. The van der Waals surface area contributed by atoms with Crippen LogP contribution in [-0.4, -0.2) is 59.1 Å². The van der Waals surface area contributed by atoms with Crippen LogP contribution in [0.3, 0.4) is 0 Å². The first-order valence-electron chi connectivity index (χ1n) is 7.24. The molecule has 1 saturated carbocycles. The van der Waals surface area contributed by atoms with E-state index < -0.39 is 11.5 Å². The van der Waals surface area contributed by atoms with E-state index in [0.717, 1.165) is 32.4 Å². The summed E-state index contributed by atoms with van der Waals surface area (Å²) in [6.45, 7) is 1.96. The van der Waals surface area contributed by atoms with Gasteiger partial charge in [-0.15, -0.1) is 0 Å². The Bertz CT molecular complexity index is 374. The molecule has 1 heterocycles. The molecule has 1 amide bonds. The van der Waals surface area contributed by atoms with Crippen LogP contribution < -0.4 is 5.32 Å². The first-order chi connectivity index (χ1) is 9.93. The van der Waals surface area contributed by atoms with Crippen LogP contribution in [0.15, 0.2) is 0 Å². The van der Waals surface area contributed by atoms with E-state index in [2.05, 4.69) is 17.3 Å². The number of carbonyl (C=O) groups excluding carboxylic acids is 1. The van der Waals surface area contributed by atoms with Crippen molar-refractivity contribution in [3.05, 3.63) is 0 Å². The molecule has 0 radical (unpaired) electrons. The summed E-state index contributed by atoms with van der Waals surface area (Å²) in [5, 5.41) is 18.5. The molecule has 2 fully saturated rings. The molecule has 7 nitrogen and oxygen atoms in total. The van der Waals surface area contributed by atoms with Crippen LogP contribution in [0, 0.1) is 5.92 Å². The Morgan fingerprint density at radius 1 is 1.33 bits per heavy atom.